The Morgan fingerprint density at radius 2 is 2.64 bits per heavy atom. The molecule has 0 fully saturated rings. The van der Waals surface area contributed by atoms with Crippen LogP contribution >= 0.6 is 11.3 Å². The summed E-state index contributed by atoms with van der Waals surface area (Å²) in [4.78, 5) is 8.67. The van der Waals surface area contributed by atoms with Crippen molar-refractivity contribution >= 4 is 23.2 Å². The zero-order valence-electron chi connectivity index (χ0n) is 6.19. The highest BCUT2D eigenvalue weighted by atomic mass is 32.1. The number of aliphatic imine (C=N–C) groups is 1. The molecule has 3 nitrogen and oxygen atoms in total. The van der Waals surface area contributed by atoms with Gasteiger partial charge in [0.1, 0.15) is 0 Å². The second-order valence-electron chi connectivity index (χ2n) is 1.89. The summed E-state index contributed by atoms with van der Waals surface area (Å²) in [7, 11) is 1.70. The largest absolute Gasteiger partial charge is 0.397 e. The van der Waals surface area contributed by atoms with Crippen molar-refractivity contribution < 1.29 is 0 Å². The molecule has 1 rings (SSSR count). The van der Waals surface area contributed by atoms with E-state index in [-0.39, 0.29) is 0 Å². The fraction of sp³-hybridized carbons (Fsp3) is 0.143. The molecular formula is C7H9N3S. The second-order valence-corrected chi connectivity index (χ2v) is 2.78. The molecule has 58 valence electrons. The average Bonchev–Trinajstić information content (AvgIpc) is 2.52. The van der Waals surface area contributed by atoms with Crippen LogP contribution in [0, 0.1) is 0 Å². The van der Waals surface area contributed by atoms with Gasteiger partial charge in [-0.05, 0) is 6.08 Å². The van der Waals surface area contributed by atoms with E-state index in [1.807, 2.05) is 0 Å². The van der Waals surface area contributed by atoms with Gasteiger partial charge in [-0.3, -0.25) is 9.98 Å². The summed E-state index contributed by atoms with van der Waals surface area (Å²) < 4.78 is 0. The minimum absolute atomic E-state index is 0.707. The molecule has 0 spiro atoms. The Hall–Kier alpha value is -1.16. The number of allylic oxidation sites excluding steroid dienone is 1. The monoisotopic (exact) mass is 167 g/mol. The van der Waals surface area contributed by atoms with Crippen molar-refractivity contribution in [3.8, 4) is 0 Å². The maximum atomic E-state index is 5.67. The van der Waals surface area contributed by atoms with E-state index in [0.29, 0.717) is 5.70 Å². The van der Waals surface area contributed by atoms with Crippen molar-refractivity contribution in [1.29, 1.82) is 0 Å². The van der Waals surface area contributed by atoms with Crippen LogP contribution in [0.5, 0.6) is 0 Å². The predicted molar refractivity (Wildman–Crippen MR) is 48.7 cm³/mol. The van der Waals surface area contributed by atoms with Crippen molar-refractivity contribution in [2.75, 3.05) is 7.05 Å². The summed E-state index contributed by atoms with van der Waals surface area (Å²) in [5.41, 5.74) is 8.12. The van der Waals surface area contributed by atoms with Crippen LogP contribution in [0.3, 0.4) is 0 Å². The number of thiazole rings is 1. The quantitative estimate of drug-likeness (QED) is 0.671. The van der Waals surface area contributed by atoms with Crippen LogP contribution < -0.4 is 5.73 Å². The van der Waals surface area contributed by atoms with E-state index in [4.69, 9.17) is 5.73 Å². The van der Waals surface area contributed by atoms with Gasteiger partial charge in [-0.15, -0.1) is 11.3 Å². The lowest BCUT2D eigenvalue weighted by Crippen LogP contribution is -1.93. The van der Waals surface area contributed by atoms with Crippen LogP contribution in [0.1, 0.15) is 4.88 Å². The number of rotatable bonds is 2. The smallest absolute Gasteiger partial charge is 0.0798 e. The molecule has 4 heteroatoms. The molecule has 0 aliphatic carbocycles. The SMILES string of the molecule is CN=CC=C(N)c1cncs1. The predicted octanol–water partition coefficient (Wildman–Crippen LogP) is 1.14. The maximum absolute atomic E-state index is 5.67. The Labute approximate surface area is 69.3 Å². The molecular weight excluding hydrogens is 158 g/mol. The first kappa shape index (κ1) is 7.94. The third-order valence-corrected chi connectivity index (χ3v) is 1.94. The minimum atomic E-state index is 0.707. The third-order valence-electron chi connectivity index (χ3n) is 1.12. The van der Waals surface area contributed by atoms with Crippen molar-refractivity contribution in [3.05, 3.63) is 22.7 Å². The van der Waals surface area contributed by atoms with Gasteiger partial charge in [0.05, 0.1) is 16.1 Å². The van der Waals surface area contributed by atoms with Crippen LogP contribution in [0.25, 0.3) is 5.70 Å². The van der Waals surface area contributed by atoms with Gasteiger partial charge < -0.3 is 5.73 Å². The van der Waals surface area contributed by atoms with Crippen molar-refractivity contribution in [2.45, 2.75) is 0 Å². The van der Waals surface area contributed by atoms with Gasteiger partial charge in [-0.1, -0.05) is 0 Å². The van der Waals surface area contributed by atoms with Gasteiger partial charge >= 0.3 is 0 Å². The molecule has 11 heavy (non-hydrogen) atoms. The number of aromatic nitrogens is 1. The molecule has 0 aromatic carbocycles. The van der Waals surface area contributed by atoms with Crippen molar-refractivity contribution in [1.82, 2.24) is 4.98 Å². The second kappa shape index (κ2) is 3.88. The molecule has 0 aliphatic rings. The highest BCUT2D eigenvalue weighted by Gasteiger charge is 1.94. The van der Waals surface area contributed by atoms with Crippen LogP contribution in [0.2, 0.25) is 0 Å². The molecule has 0 bridgehead atoms. The molecule has 1 heterocycles. The highest BCUT2D eigenvalue weighted by Crippen LogP contribution is 2.11. The summed E-state index contributed by atoms with van der Waals surface area (Å²) in [5, 5.41) is 0. The molecule has 0 saturated carbocycles. The number of hydrogen-bond acceptors (Lipinski definition) is 4. The van der Waals surface area contributed by atoms with Gasteiger partial charge in [-0.2, -0.15) is 0 Å². The zero-order valence-corrected chi connectivity index (χ0v) is 7.01. The van der Waals surface area contributed by atoms with E-state index < -0.39 is 0 Å². The van der Waals surface area contributed by atoms with E-state index in [1.165, 1.54) is 11.3 Å². The number of nitrogens with two attached hydrogens (primary N) is 1. The van der Waals surface area contributed by atoms with Gasteiger partial charge in [0, 0.05) is 19.5 Å². The number of nitrogens with zero attached hydrogens (tertiary/aromatic N) is 2. The summed E-state index contributed by atoms with van der Waals surface area (Å²) in [6.07, 6.45) is 5.16. The van der Waals surface area contributed by atoms with Crippen molar-refractivity contribution in [3.63, 3.8) is 0 Å². The molecule has 0 amide bonds. The van der Waals surface area contributed by atoms with E-state index in [1.54, 1.807) is 31.0 Å². The van der Waals surface area contributed by atoms with E-state index in [9.17, 15) is 0 Å². The Morgan fingerprint density at radius 3 is 3.18 bits per heavy atom. The van der Waals surface area contributed by atoms with Crippen molar-refractivity contribution in [2.24, 2.45) is 10.7 Å². The topological polar surface area (TPSA) is 51.3 Å². The lowest BCUT2D eigenvalue weighted by atomic mass is 10.4. The molecule has 0 radical (unpaired) electrons. The molecule has 1 aromatic rings. The van der Waals surface area contributed by atoms with E-state index in [0.717, 1.165) is 4.88 Å². The van der Waals surface area contributed by atoms with Gasteiger partial charge in [0.25, 0.3) is 0 Å². The summed E-state index contributed by atoms with van der Waals surface area (Å²) in [6.45, 7) is 0. The van der Waals surface area contributed by atoms with Gasteiger partial charge in [0.15, 0.2) is 0 Å². The van der Waals surface area contributed by atoms with Crippen LogP contribution in [-0.4, -0.2) is 18.2 Å². The average molecular weight is 167 g/mol. The maximum Gasteiger partial charge on any atom is 0.0798 e. The molecule has 0 atom stereocenters. The van der Waals surface area contributed by atoms with Crippen LogP contribution in [-0.2, 0) is 0 Å². The molecule has 1 aromatic heterocycles. The minimum Gasteiger partial charge on any atom is -0.397 e. The van der Waals surface area contributed by atoms with Gasteiger partial charge in [0.2, 0.25) is 0 Å². The van der Waals surface area contributed by atoms with Gasteiger partial charge in [-0.25, -0.2) is 0 Å². The Morgan fingerprint density at radius 1 is 1.82 bits per heavy atom. The third kappa shape index (κ3) is 2.16. The molecule has 2 N–H and O–H groups in total. The lowest BCUT2D eigenvalue weighted by Gasteiger charge is -1.90. The zero-order chi connectivity index (χ0) is 8.10. The molecule has 0 unspecified atom stereocenters. The fourth-order valence-corrected chi connectivity index (χ4v) is 1.16. The van der Waals surface area contributed by atoms with Crippen LogP contribution in [0.15, 0.2) is 22.8 Å². The summed E-state index contributed by atoms with van der Waals surface area (Å²) in [5.74, 6) is 0. The van der Waals surface area contributed by atoms with Crippen LogP contribution in [0.4, 0.5) is 0 Å². The first-order valence-electron chi connectivity index (χ1n) is 3.11. The first-order chi connectivity index (χ1) is 5.34. The summed E-state index contributed by atoms with van der Waals surface area (Å²) in [6, 6.07) is 0. The normalized spacial score (nSPS) is 12.6. The molecule has 0 saturated heterocycles. The summed E-state index contributed by atoms with van der Waals surface area (Å²) >= 11 is 1.52. The fourth-order valence-electron chi connectivity index (χ4n) is 0.595. The number of hydrogen-bond donors (Lipinski definition) is 1. The Balaban J connectivity index is 2.77. The first-order valence-corrected chi connectivity index (χ1v) is 3.99. The Kier molecular flexibility index (Phi) is 2.80. The highest BCUT2D eigenvalue weighted by molar-refractivity contribution is 7.10. The standard InChI is InChI=1S/C7H9N3S/c1-9-3-2-6(8)7-4-10-5-11-7/h2-5H,8H2,1H3. The van der Waals surface area contributed by atoms with E-state index >= 15 is 0 Å². The lowest BCUT2D eigenvalue weighted by molar-refractivity contribution is 1.40. The van der Waals surface area contributed by atoms with E-state index in [2.05, 4.69) is 9.98 Å². The Bertz CT molecular complexity index is 261. The molecule has 0 aliphatic heterocycles.